The maximum absolute atomic E-state index is 12.3. The second-order valence-electron chi connectivity index (χ2n) is 6.01. The topological polar surface area (TPSA) is 58.6 Å². The van der Waals surface area contributed by atoms with Crippen LogP contribution >= 0.6 is 0 Å². The molecule has 0 spiro atoms. The monoisotopic (exact) mass is 304 g/mol. The number of carbonyl (C=O) groups is 2. The quantitative estimate of drug-likeness (QED) is 0.848. The highest BCUT2D eigenvalue weighted by atomic mass is 16.5. The normalized spacial score (nSPS) is 22.3. The zero-order chi connectivity index (χ0) is 16.2. The van der Waals surface area contributed by atoms with Crippen LogP contribution in [-0.4, -0.2) is 48.4 Å². The van der Waals surface area contributed by atoms with Gasteiger partial charge in [0.15, 0.2) is 5.78 Å². The van der Waals surface area contributed by atoms with Crippen LogP contribution < -0.4 is 5.32 Å². The average Bonchev–Trinajstić information content (AvgIpc) is 2.50. The van der Waals surface area contributed by atoms with E-state index >= 15 is 0 Å². The van der Waals surface area contributed by atoms with Gasteiger partial charge in [0.05, 0.1) is 19.8 Å². The number of rotatable bonds is 5. The van der Waals surface area contributed by atoms with Crippen LogP contribution in [0.5, 0.6) is 0 Å². The number of amides is 1. The molecule has 0 saturated carbocycles. The Morgan fingerprint density at radius 1 is 1.41 bits per heavy atom. The highest BCUT2D eigenvalue weighted by Crippen LogP contribution is 2.23. The highest BCUT2D eigenvalue weighted by Gasteiger charge is 2.34. The zero-order valence-electron chi connectivity index (χ0n) is 13.5. The van der Waals surface area contributed by atoms with Crippen LogP contribution in [0.15, 0.2) is 24.3 Å². The minimum atomic E-state index is -0.100. The summed E-state index contributed by atoms with van der Waals surface area (Å²) in [6, 6.07) is 7.02. The molecule has 1 aliphatic rings. The van der Waals surface area contributed by atoms with E-state index < -0.39 is 0 Å². The Hall–Kier alpha value is -1.72. The van der Waals surface area contributed by atoms with Crippen molar-refractivity contribution in [3.05, 3.63) is 29.8 Å². The molecule has 0 radical (unpaired) electrons. The average molecular weight is 304 g/mol. The fourth-order valence-corrected chi connectivity index (χ4v) is 2.61. The van der Waals surface area contributed by atoms with E-state index in [9.17, 15) is 9.59 Å². The molecule has 22 heavy (non-hydrogen) atoms. The maximum atomic E-state index is 12.3. The van der Waals surface area contributed by atoms with Gasteiger partial charge in [-0.1, -0.05) is 19.1 Å². The molecule has 1 fully saturated rings. The van der Waals surface area contributed by atoms with E-state index in [0.29, 0.717) is 31.0 Å². The van der Waals surface area contributed by atoms with Gasteiger partial charge in [0.25, 0.3) is 0 Å². The van der Waals surface area contributed by atoms with E-state index in [1.165, 1.54) is 6.92 Å². The molecule has 1 amide bonds. The molecule has 1 heterocycles. The summed E-state index contributed by atoms with van der Waals surface area (Å²) in [6.45, 7) is 8.13. The predicted octanol–water partition coefficient (Wildman–Crippen LogP) is 2.33. The smallest absolute Gasteiger partial charge is 0.238 e. The van der Waals surface area contributed by atoms with Crippen LogP contribution in [0.3, 0.4) is 0 Å². The van der Waals surface area contributed by atoms with Crippen molar-refractivity contribution < 1.29 is 14.3 Å². The van der Waals surface area contributed by atoms with Crippen molar-refractivity contribution in [3.63, 3.8) is 0 Å². The van der Waals surface area contributed by atoms with Gasteiger partial charge in [0.1, 0.15) is 0 Å². The van der Waals surface area contributed by atoms with Crippen LogP contribution in [0, 0.1) is 0 Å². The fraction of sp³-hybridized carbons (Fsp3) is 0.529. The molecule has 0 bridgehead atoms. The largest absolute Gasteiger partial charge is 0.378 e. The lowest BCUT2D eigenvalue weighted by molar-refractivity contribution is -0.123. The Morgan fingerprint density at radius 3 is 2.86 bits per heavy atom. The maximum Gasteiger partial charge on any atom is 0.238 e. The van der Waals surface area contributed by atoms with Gasteiger partial charge >= 0.3 is 0 Å². The molecule has 1 aromatic carbocycles. The minimum Gasteiger partial charge on any atom is -0.378 e. The van der Waals surface area contributed by atoms with Crippen molar-refractivity contribution in [1.29, 1.82) is 0 Å². The molecular weight excluding hydrogens is 280 g/mol. The summed E-state index contributed by atoms with van der Waals surface area (Å²) in [7, 11) is 0. The van der Waals surface area contributed by atoms with Crippen LogP contribution in [0.1, 0.15) is 37.6 Å². The molecule has 1 aliphatic heterocycles. The Labute approximate surface area is 131 Å². The van der Waals surface area contributed by atoms with Crippen molar-refractivity contribution in [3.8, 4) is 0 Å². The molecule has 5 heteroatoms. The molecule has 1 atom stereocenters. The number of nitrogens with zero attached hydrogens (tertiary/aromatic N) is 1. The summed E-state index contributed by atoms with van der Waals surface area (Å²) in [4.78, 5) is 25.8. The van der Waals surface area contributed by atoms with E-state index in [1.807, 2.05) is 0 Å². The van der Waals surface area contributed by atoms with Crippen LogP contribution in [0.2, 0.25) is 0 Å². The van der Waals surface area contributed by atoms with E-state index in [-0.39, 0.29) is 17.2 Å². The van der Waals surface area contributed by atoms with Crippen molar-refractivity contribution in [2.24, 2.45) is 0 Å². The zero-order valence-corrected chi connectivity index (χ0v) is 13.5. The SMILES string of the molecule is CC[C@]1(C)COCCN1CC(=O)Nc1cccc(C(C)=O)c1. The number of hydrogen-bond acceptors (Lipinski definition) is 4. The van der Waals surface area contributed by atoms with Gasteiger partial charge in [-0.25, -0.2) is 0 Å². The van der Waals surface area contributed by atoms with Gasteiger partial charge in [-0.2, -0.15) is 0 Å². The Kier molecular flexibility index (Phi) is 5.32. The molecule has 0 aliphatic carbocycles. The highest BCUT2D eigenvalue weighted by molar-refractivity contribution is 5.97. The molecule has 0 aromatic heterocycles. The molecule has 1 aromatic rings. The third kappa shape index (κ3) is 3.93. The number of morpholine rings is 1. The summed E-state index contributed by atoms with van der Waals surface area (Å²) < 4.78 is 5.54. The second kappa shape index (κ2) is 7.03. The number of ether oxygens (including phenoxy) is 1. The molecule has 120 valence electrons. The summed E-state index contributed by atoms with van der Waals surface area (Å²) in [6.07, 6.45) is 0.931. The first-order valence-corrected chi connectivity index (χ1v) is 7.68. The van der Waals surface area contributed by atoms with Crippen molar-refractivity contribution >= 4 is 17.4 Å². The van der Waals surface area contributed by atoms with Gasteiger partial charge in [0.2, 0.25) is 5.91 Å². The van der Waals surface area contributed by atoms with Crippen molar-refractivity contribution in [2.45, 2.75) is 32.7 Å². The Morgan fingerprint density at radius 2 is 2.18 bits per heavy atom. The van der Waals surface area contributed by atoms with Gasteiger partial charge in [-0.15, -0.1) is 0 Å². The summed E-state index contributed by atoms with van der Waals surface area (Å²) in [5, 5.41) is 2.87. The molecular formula is C17H24N2O3. The van der Waals surface area contributed by atoms with Crippen molar-refractivity contribution in [1.82, 2.24) is 4.90 Å². The molecule has 1 saturated heterocycles. The first-order valence-electron chi connectivity index (χ1n) is 7.68. The minimum absolute atomic E-state index is 0.0113. The van der Waals surface area contributed by atoms with E-state index in [0.717, 1.165) is 13.0 Å². The van der Waals surface area contributed by atoms with E-state index in [4.69, 9.17) is 4.74 Å². The van der Waals surface area contributed by atoms with Gasteiger partial charge < -0.3 is 10.1 Å². The Bertz CT molecular complexity index is 559. The predicted molar refractivity (Wildman–Crippen MR) is 86.2 cm³/mol. The lowest BCUT2D eigenvalue weighted by atomic mass is 9.96. The van der Waals surface area contributed by atoms with Gasteiger partial charge in [-0.3, -0.25) is 14.5 Å². The lowest BCUT2D eigenvalue weighted by Crippen LogP contribution is -2.56. The van der Waals surface area contributed by atoms with Crippen LogP contribution in [0.4, 0.5) is 5.69 Å². The number of anilines is 1. The summed E-state index contributed by atoms with van der Waals surface area (Å²) >= 11 is 0. The standard InChI is InChI=1S/C17H24N2O3/c1-4-17(3)12-22-9-8-19(17)11-16(21)18-15-7-5-6-14(10-15)13(2)20/h5-7,10H,4,8-9,11-12H2,1-3H3,(H,18,21)/t17-/m1/s1. The van der Waals surface area contributed by atoms with Gasteiger partial charge in [0, 0.05) is 23.3 Å². The lowest BCUT2D eigenvalue weighted by Gasteiger charge is -2.43. The number of hydrogen-bond donors (Lipinski definition) is 1. The summed E-state index contributed by atoms with van der Waals surface area (Å²) in [5.41, 5.74) is 1.16. The third-order valence-corrected chi connectivity index (χ3v) is 4.33. The third-order valence-electron chi connectivity index (χ3n) is 4.33. The molecule has 1 N–H and O–H groups in total. The van der Waals surface area contributed by atoms with E-state index in [1.54, 1.807) is 24.3 Å². The summed E-state index contributed by atoms with van der Waals surface area (Å²) in [5.74, 6) is -0.0786. The number of benzene rings is 1. The number of carbonyl (C=O) groups excluding carboxylic acids is 2. The first kappa shape index (κ1) is 16.6. The number of ketones is 1. The van der Waals surface area contributed by atoms with Crippen LogP contribution in [0.25, 0.3) is 0 Å². The first-order chi connectivity index (χ1) is 10.4. The molecule has 0 unspecified atom stereocenters. The van der Waals surface area contributed by atoms with E-state index in [2.05, 4.69) is 24.1 Å². The fourth-order valence-electron chi connectivity index (χ4n) is 2.61. The molecule has 5 nitrogen and oxygen atoms in total. The van der Waals surface area contributed by atoms with Crippen molar-refractivity contribution in [2.75, 3.05) is 31.6 Å². The Balaban J connectivity index is 2.00. The molecule has 2 rings (SSSR count). The number of Topliss-reactive ketones (excluding diaryl/α,β-unsaturated/α-hetero) is 1. The van der Waals surface area contributed by atoms with Gasteiger partial charge in [-0.05, 0) is 32.4 Å². The van der Waals surface area contributed by atoms with Crippen LogP contribution in [-0.2, 0) is 9.53 Å². The number of nitrogens with one attached hydrogen (secondary N) is 1. The second-order valence-corrected chi connectivity index (χ2v) is 6.01.